The standard InChI is InChI=1S/C19H18N2O3/c1-12-7-8-15(10-16(12)19-20-13(2)11-24-19)21-18(23)9-14-5-3-4-6-17(14)22/h3-8,10-11,22H,9H2,1-2H3,(H,21,23). The highest BCUT2D eigenvalue weighted by atomic mass is 16.3. The summed E-state index contributed by atoms with van der Waals surface area (Å²) in [4.78, 5) is 16.5. The molecular weight excluding hydrogens is 304 g/mol. The minimum atomic E-state index is -0.199. The van der Waals surface area contributed by atoms with Gasteiger partial charge in [0.2, 0.25) is 11.8 Å². The zero-order chi connectivity index (χ0) is 17.1. The Balaban J connectivity index is 1.78. The molecule has 2 aromatic carbocycles. The smallest absolute Gasteiger partial charge is 0.228 e. The van der Waals surface area contributed by atoms with Gasteiger partial charge in [-0.15, -0.1) is 0 Å². The Hall–Kier alpha value is -3.08. The van der Waals surface area contributed by atoms with Gasteiger partial charge in [-0.1, -0.05) is 24.3 Å². The van der Waals surface area contributed by atoms with Crippen molar-refractivity contribution in [3.8, 4) is 17.2 Å². The van der Waals surface area contributed by atoms with Crippen molar-refractivity contribution in [3.63, 3.8) is 0 Å². The molecule has 5 nitrogen and oxygen atoms in total. The Bertz CT molecular complexity index is 884. The van der Waals surface area contributed by atoms with E-state index in [1.165, 1.54) is 0 Å². The Morgan fingerprint density at radius 3 is 2.71 bits per heavy atom. The number of amides is 1. The number of aryl methyl sites for hydroxylation is 2. The van der Waals surface area contributed by atoms with Gasteiger partial charge in [0.05, 0.1) is 12.1 Å². The summed E-state index contributed by atoms with van der Waals surface area (Å²) in [6.45, 7) is 3.82. The highest BCUT2D eigenvalue weighted by Crippen LogP contribution is 2.26. The molecule has 0 bridgehead atoms. The fourth-order valence-corrected chi connectivity index (χ4v) is 2.45. The molecule has 122 valence electrons. The molecule has 0 aliphatic rings. The summed E-state index contributed by atoms with van der Waals surface area (Å²) in [5, 5.41) is 12.6. The number of benzene rings is 2. The molecule has 1 aromatic heterocycles. The summed E-state index contributed by atoms with van der Waals surface area (Å²) in [5.41, 5.74) is 3.90. The number of phenols is 1. The van der Waals surface area contributed by atoms with Crippen molar-refractivity contribution in [1.82, 2.24) is 4.98 Å². The van der Waals surface area contributed by atoms with Crippen molar-refractivity contribution in [3.05, 3.63) is 65.5 Å². The average Bonchev–Trinajstić information content (AvgIpc) is 2.98. The summed E-state index contributed by atoms with van der Waals surface area (Å²) in [5.74, 6) is 0.448. The van der Waals surface area contributed by atoms with Crippen molar-refractivity contribution >= 4 is 11.6 Å². The first-order valence-corrected chi connectivity index (χ1v) is 7.63. The first kappa shape index (κ1) is 15.8. The number of nitrogens with one attached hydrogen (secondary N) is 1. The van der Waals surface area contributed by atoms with E-state index in [4.69, 9.17) is 4.42 Å². The maximum atomic E-state index is 12.2. The number of aromatic nitrogens is 1. The number of hydrogen-bond acceptors (Lipinski definition) is 4. The van der Waals surface area contributed by atoms with Crippen LogP contribution in [0.1, 0.15) is 16.8 Å². The van der Waals surface area contributed by atoms with Crippen molar-refractivity contribution in [2.75, 3.05) is 5.32 Å². The minimum Gasteiger partial charge on any atom is -0.508 e. The number of oxazole rings is 1. The third kappa shape index (κ3) is 3.46. The third-order valence-electron chi connectivity index (χ3n) is 3.71. The molecule has 2 N–H and O–H groups in total. The van der Waals surface area contributed by atoms with Crippen LogP contribution in [0.25, 0.3) is 11.5 Å². The van der Waals surface area contributed by atoms with Crippen LogP contribution in [-0.2, 0) is 11.2 Å². The Labute approximate surface area is 140 Å². The van der Waals surface area contributed by atoms with Gasteiger partial charge in [-0.25, -0.2) is 4.98 Å². The number of carbonyl (C=O) groups is 1. The van der Waals surface area contributed by atoms with E-state index in [0.29, 0.717) is 17.1 Å². The first-order valence-electron chi connectivity index (χ1n) is 7.63. The van der Waals surface area contributed by atoms with Crippen LogP contribution in [0.4, 0.5) is 5.69 Å². The molecule has 0 spiro atoms. The molecule has 24 heavy (non-hydrogen) atoms. The lowest BCUT2D eigenvalue weighted by atomic mass is 10.1. The second kappa shape index (κ2) is 6.58. The van der Waals surface area contributed by atoms with Gasteiger partial charge in [0.25, 0.3) is 0 Å². The number of para-hydroxylation sites is 1. The number of rotatable bonds is 4. The summed E-state index contributed by atoms with van der Waals surface area (Å²) in [6, 6.07) is 12.4. The fourth-order valence-electron chi connectivity index (χ4n) is 2.45. The lowest BCUT2D eigenvalue weighted by Crippen LogP contribution is -2.14. The van der Waals surface area contributed by atoms with Crippen LogP contribution in [0.5, 0.6) is 5.75 Å². The lowest BCUT2D eigenvalue weighted by molar-refractivity contribution is -0.115. The number of hydrogen-bond donors (Lipinski definition) is 2. The van der Waals surface area contributed by atoms with Gasteiger partial charge in [-0.05, 0) is 37.6 Å². The van der Waals surface area contributed by atoms with E-state index in [1.807, 2.05) is 32.0 Å². The van der Waals surface area contributed by atoms with Gasteiger partial charge in [-0.3, -0.25) is 4.79 Å². The van der Waals surface area contributed by atoms with Crippen LogP contribution in [0.15, 0.2) is 53.1 Å². The van der Waals surface area contributed by atoms with E-state index >= 15 is 0 Å². The zero-order valence-electron chi connectivity index (χ0n) is 13.5. The Kier molecular flexibility index (Phi) is 4.33. The minimum absolute atomic E-state index is 0.105. The topological polar surface area (TPSA) is 75.4 Å². The monoisotopic (exact) mass is 322 g/mol. The van der Waals surface area contributed by atoms with Crippen LogP contribution in [-0.4, -0.2) is 16.0 Å². The predicted molar refractivity (Wildman–Crippen MR) is 91.9 cm³/mol. The van der Waals surface area contributed by atoms with Crippen molar-refractivity contribution in [1.29, 1.82) is 0 Å². The van der Waals surface area contributed by atoms with Gasteiger partial charge in [0, 0.05) is 16.8 Å². The largest absolute Gasteiger partial charge is 0.508 e. The van der Waals surface area contributed by atoms with Crippen LogP contribution in [0, 0.1) is 13.8 Å². The summed E-state index contributed by atoms with van der Waals surface area (Å²) in [6.07, 6.45) is 1.70. The zero-order valence-corrected chi connectivity index (χ0v) is 13.5. The van der Waals surface area contributed by atoms with Gasteiger partial charge in [-0.2, -0.15) is 0 Å². The molecule has 0 unspecified atom stereocenters. The fraction of sp³-hybridized carbons (Fsp3) is 0.158. The second-order valence-electron chi connectivity index (χ2n) is 5.68. The highest BCUT2D eigenvalue weighted by molar-refractivity contribution is 5.93. The maximum Gasteiger partial charge on any atom is 0.228 e. The number of anilines is 1. The molecule has 0 radical (unpaired) electrons. The molecule has 3 rings (SSSR count). The summed E-state index contributed by atoms with van der Waals surface area (Å²) in [7, 11) is 0. The molecule has 0 atom stereocenters. The molecule has 0 aliphatic heterocycles. The third-order valence-corrected chi connectivity index (χ3v) is 3.71. The van der Waals surface area contributed by atoms with E-state index in [0.717, 1.165) is 16.8 Å². The van der Waals surface area contributed by atoms with Crippen LogP contribution >= 0.6 is 0 Å². The summed E-state index contributed by atoms with van der Waals surface area (Å²) < 4.78 is 5.45. The maximum absolute atomic E-state index is 12.2. The average molecular weight is 322 g/mol. The number of aromatic hydroxyl groups is 1. The quantitative estimate of drug-likeness (QED) is 0.765. The molecule has 0 saturated carbocycles. The molecular formula is C19H18N2O3. The molecule has 3 aromatic rings. The van der Waals surface area contributed by atoms with Crippen LogP contribution in [0.3, 0.4) is 0 Å². The molecule has 1 amide bonds. The number of nitrogens with zero attached hydrogens (tertiary/aromatic N) is 1. The van der Waals surface area contributed by atoms with Crippen molar-refractivity contribution in [2.45, 2.75) is 20.3 Å². The van der Waals surface area contributed by atoms with Crippen molar-refractivity contribution < 1.29 is 14.3 Å². The van der Waals surface area contributed by atoms with E-state index in [2.05, 4.69) is 10.3 Å². The van der Waals surface area contributed by atoms with Gasteiger partial charge in [0.15, 0.2) is 0 Å². The van der Waals surface area contributed by atoms with E-state index in [9.17, 15) is 9.90 Å². The van der Waals surface area contributed by atoms with E-state index in [1.54, 1.807) is 30.5 Å². The van der Waals surface area contributed by atoms with Crippen molar-refractivity contribution in [2.24, 2.45) is 0 Å². The van der Waals surface area contributed by atoms with E-state index in [-0.39, 0.29) is 18.1 Å². The molecule has 0 fully saturated rings. The highest BCUT2D eigenvalue weighted by Gasteiger charge is 2.11. The Morgan fingerprint density at radius 2 is 2.00 bits per heavy atom. The normalized spacial score (nSPS) is 10.6. The molecule has 0 aliphatic carbocycles. The van der Waals surface area contributed by atoms with Gasteiger partial charge in [0.1, 0.15) is 12.0 Å². The van der Waals surface area contributed by atoms with Gasteiger partial charge < -0.3 is 14.8 Å². The number of phenolic OH excluding ortho intramolecular Hbond substituents is 1. The molecule has 0 saturated heterocycles. The Morgan fingerprint density at radius 1 is 1.21 bits per heavy atom. The SMILES string of the molecule is Cc1coc(-c2cc(NC(=O)Cc3ccccc3O)ccc2C)n1. The van der Waals surface area contributed by atoms with Crippen LogP contribution in [0.2, 0.25) is 0 Å². The predicted octanol–water partition coefficient (Wildman–Crippen LogP) is 3.85. The van der Waals surface area contributed by atoms with Crippen LogP contribution < -0.4 is 5.32 Å². The van der Waals surface area contributed by atoms with Gasteiger partial charge >= 0.3 is 0 Å². The first-order chi connectivity index (χ1) is 11.5. The van der Waals surface area contributed by atoms with E-state index < -0.39 is 0 Å². The molecule has 1 heterocycles. The second-order valence-corrected chi connectivity index (χ2v) is 5.68. The lowest BCUT2D eigenvalue weighted by Gasteiger charge is -2.09. The number of carbonyl (C=O) groups excluding carboxylic acids is 1. The molecule has 5 heteroatoms. The summed E-state index contributed by atoms with van der Waals surface area (Å²) >= 11 is 0.